The fraction of sp³-hybridized carbons (Fsp3) is 0.818. The minimum atomic E-state index is -0.269. The quantitative estimate of drug-likeness (QED) is 0.636. The molecule has 0 aromatic rings. The summed E-state index contributed by atoms with van der Waals surface area (Å²) in [7, 11) is 1.39. The van der Waals surface area contributed by atoms with Gasteiger partial charge in [-0.2, -0.15) is 0 Å². The van der Waals surface area contributed by atoms with E-state index in [0.717, 1.165) is 25.8 Å². The molecule has 0 bridgehead atoms. The maximum Gasteiger partial charge on any atom is 0.323 e. The molecular weight excluding hydrogens is 210 g/mol. The minimum Gasteiger partial charge on any atom is -0.468 e. The van der Waals surface area contributed by atoms with Gasteiger partial charge in [0.25, 0.3) is 0 Å². The first kappa shape index (κ1) is 11.4. The van der Waals surface area contributed by atoms with Crippen molar-refractivity contribution in [2.75, 3.05) is 20.3 Å². The van der Waals surface area contributed by atoms with Crippen LogP contribution in [0, 0.1) is 0 Å². The molecule has 2 rings (SSSR count). The number of hydrogen-bond donors (Lipinski definition) is 0. The van der Waals surface area contributed by atoms with E-state index in [2.05, 4.69) is 0 Å². The number of likely N-dealkylation sites (tertiary alicyclic amines) is 1. The molecule has 2 aliphatic heterocycles. The average Bonchev–Trinajstić information content (AvgIpc) is 2.74. The summed E-state index contributed by atoms with van der Waals surface area (Å²) in [6.07, 6.45) is 3.50. The van der Waals surface area contributed by atoms with Crippen molar-refractivity contribution in [3.05, 3.63) is 0 Å². The summed E-state index contributed by atoms with van der Waals surface area (Å²) in [6, 6.07) is -0.515. The number of carbonyl (C=O) groups is 2. The molecule has 5 nitrogen and oxygen atoms in total. The Morgan fingerprint density at radius 3 is 2.88 bits per heavy atom. The van der Waals surface area contributed by atoms with E-state index in [0.29, 0.717) is 13.0 Å². The predicted octanol–water partition coefficient (Wildman–Crippen LogP) is 0.329. The number of cyclic esters (lactones) is 1. The zero-order chi connectivity index (χ0) is 11.5. The first-order valence-electron chi connectivity index (χ1n) is 5.74. The molecule has 0 aromatic heterocycles. The molecule has 2 saturated heterocycles. The SMILES string of the molecule is COC(=O)C1CCCCN1C1CCOC1=O. The summed E-state index contributed by atoms with van der Waals surface area (Å²) >= 11 is 0. The Balaban J connectivity index is 2.09. The van der Waals surface area contributed by atoms with Gasteiger partial charge in [-0.3, -0.25) is 14.5 Å². The second-order valence-electron chi connectivity index (χ2n) is 4.24. The van der Waals surface area contributed by atoms with Gasteiger partial charge in [-0.15, -0.1) is 0 Å². The summed E-state index contributed by atoms with van der Waals surface area (Å²) in [5.41, 5.74) is 0. The first-order valence-corrected chi connectivity index (χ1v) is 5.74. The second kappa shape index (κ2) is 4.82. The van der Waals surface area contributed by atoms with Crippen LogP contribution in [0.3, 0.4) is 0 Å². The van der Waals surface area contributed by atoms with Crippen molar-refractivity contribution in [2.45, 2.75) is 37.8 Å². The Kier molecular flexibility index (Phi) is 3.43. The van der Waals surface area contributed by atoms with Crippen molar-refractivity contribution in [3.63, 3.8) is 0 Å². The van der Waals surface area contributed by atoms with Crippen LogP contribution in [-0.2, 0) is 19.1 Å². The molecule has 2 aliphatic rings. The van der Waals surface area contributed by atoms with Gasteiger partial charge >= 0.3 is 11.9 Å². The average molecular weight is 227 g/mol. The van der Waals surface area contributed by atoms with Crippen LogP contribution in [0.5, 0.6) is 0 Å². The number of nitrogens with zero attached hydrogens (tertiary/aromatic N) is 1. The molecule has 0 radical (unpaired) electrons. The molecule has 0 N–H and O–H groups in total. The fourth-order valence-corrected chi connectivity index (χ4v) is 2.50. The van der Waals surface area contributed by atoms with Crippen molar-refractivity contribution in [3.8, 4) is 0 Å². The van der Waals surface area contributed by atoms with Crippen LogP contribution in [0.25, 0.3) is 0 Å². The van der Waals surface area contributed by atoms with Gasteiger partial charge in [0, 0.05) is 6.42 Å². The van der Waals surface area contributed by atoms with Crippen molar-refractivity contribution >= 4 is 11.9 Å². The third-order valence-corrected chi connectivity index (χ3v) is 3.33. The van der Waals surface area contributed by atoms with Crippen LogP contribution in [0.4, 0.5) is 0 Å². The van der Waals surface area contributed by atoms with Gasteiger partial charge < -0.3 is 9.47 Å². The van der Waals surface area contributed by atoms with E-state index < -0.39 is 0 Å². The third-order valence-electron chi connectivity index (χ3n) is 3.33. The molecular formula is C11H17NO4. The van der Waals surface area contributed by atoms with Crippen molar-refractivity contribution < 1.29 is 19.1 Å². The van der Waals surface area contributed by atoms with E-state index >= 15 is 0 Å². The molecule has 2 unspecified atom stereocenters. The number of hydrogen-bond acceptors (Lipinski definition) is 5. The summed E-state index contributed by atoms with van der Waals surface area (Å²) < 4.78 is 9.73. The zero-order valence-electron chi connectivity index (χ0n) is 9.48. The highest BCUT2D eigenvalue weighted by Crippen LogP contribution is 2.25. The summed E-state index contributed by atoms with van der Waals surface area (Å²) in [5, 5.41) is 0. The van der Waals surface area contributed by atoms with E-state index in [1.54, 1.807) is 0 Å². The topological polar surface area (TPSA) is 55.8 Å². The molecule has 2 heterocycles. The molecule has 0 saturated carbocycles. The van der Waals surface area contributed by atoms with Gasteiger partial charge in [0.15, 0.2) is 0 Å². The normalized spacial score (nSPS) is 31.2. The third kappa shape index (κ3) is 2.04. The van der Waals surface area contributed by atoms with Crippen molar-refractivity contribution in [1.82, 2.24) is 4.90 Å². The summed E-state index contributed by atoms with van der Waals surface area (Å²) in [4.78, 5) is 25.1. The largest absolute Gasteiger partial charge is 0.468 e. The van der Waals surface area contributed by atoms with Gasteiger partial charge in [-0.25, -0.2) is 0 Å². The zero-order valence-corrected chi connectivity index (χ0v) is 9.48. The molecule has 90 valence electrons. The molecule has 2 atom stereocenters. The van der Waals surface area contributed by atoms with E-state index in [1.165, 1.54) is 7.11 Å². The molecule has 0 spiro atoms. The minimum absolute atomic E-state index is 0.198. The van der Waals surface area contributed by atoms with Crippen LogP contribution >= 0.6 is 0 Å². The Labute approximate surface area is 94.7 Å². The Hall–Kier alpha value is -1.10. The van der Waals surface area contributed by atoms with Gasteiger partial charge in [-0.1, -0.05) is 6.42 Å². The highest BCUT2D eigenvalue weighted by atomic mass is 16.5. The number of ether oxygens (including phenoxy) is 2. The fourth-order valence-electron chi connectivity index (χ4n) is 2.50. The standard InChI is InChI=1S/C11H17NO4/c1-15-10(13)8-4-2-3-6-12(8)9-5-7-16-11(9)14/h8-9H,2-7H2,1H3. The first-order chi connectivity index (χ1) is 7.74. The van der Waals surface area contributed by atoms with Crippen LogP contribution < -0.4 is 0 Å². The number of rotatable bonds is 2. The lowest BCUT2D eigenvalue weighted by molar-refractivity contribution is -0.152. The molecule has 0 aromatic carbocycles. The number of piperidine rings is 1. The Morgan fingerprint density at radius 2 is 2.25 bits per heavy atom. The van der Waals surface area contributed by atoms with Crippen molar-refractivity contribution in [1.29, 1.82) is 0 Å². The van der Waals surface area contributed by atoms with Crippen LogP contribution in [0.1, 0.15) is 25.7 Å². The van der Waals surface area contributed by atoms with Crippen LogP contribution in [0.15, 0.2) is 0 Å². The smallest absolute Gasteiger partial charge is 0.323 e. The number of esters is 2. The lowest BCUT2D eigenvalue weighted by Gasteiger charge is -2.36. The van der Waals surface area contributed by atoms with Crippen LogP contribution in [0.2, 0.25) is 0 Å². The lowest BCUT2D eigenvalue weighted by atomic mass is 9.99. The Bertz CT molecular complexity index is 292. The molecule has 0 aliphatic carbocycles. The molecule has 2 fully saturated rings. The second-order valence-corrected chi connectivity index (χ2v) is 4.24. The lowest BCUT2D eigenvalue weighted by Crippen LogP contribution is -2.52. The maximum absolute atomic E-state index is 11.6. The highest BCUT2D eigenvalue weighted by Gasteiger charge is 2.40. The van der Waals surface area contributed by atoms with Crippen LogP contribution in [-0.4, -0.2) is 49.2 Å². The van der Waals surface area contributed by atoms with Gasteiger partial charge in [-0.05, 0) is 19.4 Å². The van der Waals surface area contributed by atoms with Gasteiger partial charge in [0.05, 0.1) is 13.7 Å². The molecule has 5 heteroatoms. The number of methoxy groups -OCH3 is 1. The predicted molar refractivity (Wildman–Crippen MR) is 55.7 cm³/mol. The van der Waals surface area contributed by atoms with Gasteiger partial charge in [0.1, 0.15) is 12.1 Å². The monoisotopic (exact) mass is 227 g/mol. The summed E-state index contributed by atoms with van der Waals surface area (Å²) in [5.74, 6) is -0.435. The number of carbonyl (C=O) groups excluding carboxylic acids is 2. The summed E-state index contributed by atoms with van der Waals surface area (Å²) in [6.45, 7) is 1.24. The maximum atomic E-state index is 11.6. The Morgan fingerprint density at radius 1 is 1.44 bits per heavy atom. The van der Waals surface area contributed by atoms with E-state index in [9.17, 15) is 9.59 Å². The molecule has 16 heavy (non-hydrogen) atoms. The molecule has 0 amide bonds. The van der Waals surface area contributed by atoms with Crippen molar-refractivity contribution in [2.24, 2.45) is 0 Å². The van der Waals surface area contributed by atoms with Gasteiger partial charge in [0.2, 0.25) is 0 Å². The highest BCUT2D eigenvalue weighted by molar-refractivity contribution is 5.80. The van der Waals surface area contributed by atoms with E-state index in [1.807, 2.05) is 4.90 Å². The van der Waals surface area contributed by atoms with E-state index in [-0.39, 0.29) is 24.0 Å². The van der Waals surface area contributed by atoms with E-state index in [4.69, 9.17) is 9.47 Å².